The molecule has 3 rings (SSSR count). The summed E-state index contributed by atoms with van der Waals surface area (Å²) in [4.78, 5) is 40.3. The van der Waals surface area contributed by atoms with Gasteiger partial charge in [0.15, 0.2) is 8.32 Å². The van der Waals surface area contributed by atoms with Crippen LogP contribution in [0, 0.1) is 11.6 Å². The highest BCUT2D eigenvalue weighted by Crippen LogP contribution is 2.40. The predicted octanol–water partition coefficient (Wildman–Crippen LogP) is 5.17. The van der Waals surface area contributed by atoms with Crippen LogP contribution >= 0.6 is 0 Å². The average Bonchev–Trinajstić information content (AvgIpc) is 3.26. The summed E-state index contributed by atoms with van der Waals surface area (Å²) in [6, 6.07) is 7.28. The van der Waals surface area contributed by atoms with Gasteiger partial charge in [-0.1, -0.05) is 26.8 Å². The van der Waals surface area contributed by atoms with Crippen LogP contribution in [0.25, 0.3) is 0 Å². The number of ether oxygens (including phenoxy) is 1. The zero-order valence-corrected chi connectivity index (χ0v) is 27.7. The number of β-amino-alcohol motifs (C(OH)–C–C–N with tert-alkyl or cyclic N) is 1. The van der Waals surface area contributed by atoms with Gasteiger partial charge in [-0.2, -0.15) is 0 Å². The van der Waals surface area contributed by atoms with Gasteiger partial charge in [0.1, 0.15) is 17.2 Å². The first-order valence-electron chi connectivity index (χ1n) is 14.7. The zero-order valence-electron chi connectivity index (χ0n) is 26.7. The second-order valence-corrected chi connectivity index (χ2v) is 18.7. The van der Waals surface area contributed by atoms with E-state index in [0.29, 0.717) is 0 Å². The normalized spacial score (nSPS) is 18.9. The van der Waals surface area contributed by atoms with Crippen LogP contribution in [0.15, 0.2) is 42.5 Å². The number of likely N-dealkylation sites (tertiary alicyclic amines) is 1. The van der Waals surface area contributed by atoms with Gasteiger partial charge >= 0.3 is 6.09 Å². The van der Waals surface area contributed by atoms with E-state index in [1.807, 2.05) is 33.9 Å². The zero-order chi connectivity index (χ0) is 33.2. The first-order chi connectivity index (χ1) is 20.2. The van der Waals surface area contributed by atoms with Gasteiger partial charge in [-0.3, -0.25) is 14.5 Å². The molecule has 0 saturated carbocycles. The smallest absolute Gasteiger partial charge is 0.410 e. The third-order valence-electron chi connectivity index (χ3n) is 8.07. The van der Waals surface area contributed by atoms with Crippen molar-refractivity contribution in [3.63, 3.8) is 0 Å². The van der Waals surface area contributed by atoms with Crippen LogP contribution in [-0.4, -0.2) is 72.7 Å². The van der Waals surface area contributed by atoms with Gasteiger partial charge in [0.25, 0.3) is 5.91 Å². The molecule has 0 bridgehead atoms. The summed E-state index contributed by atoms with van der Waals surface area (Å²) >= 11 is 0. The molecule has 1 heterocycles. The van der Waals surface area contributed by atoms with Crippen LogP contribution in [0.5, 0.6) is 0 Å². The number of primary amides is 1. The molecule has 0 aromatic heterocycles. The van der Waals surface area contributed by atoms with Crippen molar-refractivity contribution in [2.75, 3.05) is 6.54 Å². The molecule has 2 aromatic carbocycles. The van der Waals surface area contributed by atoms with Crippen molar-refractivity contribution < 1.29 is 37.4 Å². The lowest BCUT2D eigenvalue weighted by Gasteiger charge is -2.45. The molecule has 3 amide bonds. The van der Waals surface area contributed by atoms with E-state index in [4.69, 9.17) is 14.9 Å². The highest BCUT2D eigenvalue weighted by molar-refractivity contribution is 6.74. The van der Waals surface area contributed by atoms with Crippen LogP contribution in [-0.2, 0) is 15.6 Å². The molecule has 12 heteroatoms. The van der Waals surface area contributed by atoms with Crippen LogP contribution in [0.4, 0.5) is 13.6 Å². The summed E-state index contributed by atoms with van der Waals surface area (Å²) in [6.45, 7) is 15.3. The molecule has 1 aliphatic heterocycles. The highest BCUT2D eigenvalue weighted by atomic mass is 28.4. The van der Waals surface area contributed by atoms with Gasteiger partial charge in [0.05, 0.1) is 30.8 Å². The lowest BCUT2D eigenvalue weighted by Crippen LogP contribution is -2.60. The lowest BCUT2D eigenvalue weighted by molar-refractivity contribution is 0.000950. The molecule has 9 nitrogen and oxygen atoms in total. The van der Waals surface area contributed by atoms with E-state index in [-0.39, 0.29) is 41.1 Å². The molecular weight excluding hydrogens is 588 g/mol. The lowest BCUT2D eigenvalue weighted by atomic mass is 9.94. The van der Waals surface area contributed by atoms with Gasteiger partial charge in [-0.05, 0) is 87.6 Å². The topological polar surface area (TPSA) is 131 Å². The Balaban J connectivity index is 2.15. The number of aliphatic hydroxyl groups excluding tert-OH is 1. The minimum absolute atomic E-state index is 0.0210. The van der Waals surface area contributed by atoms with Gasteiger partial charge < -0.3 is 25.3 Å². The van der Waals surface area contributed by atoms with Gasteiger partial charge in [0.2, 0.25) is 5.91 Å². The molecule has 2 aromatic rings. The Morgan fingerprint density at radius 2 is 1.64 bits per heavy atom. The van der Waals surface area contributed by atoms with Crippen molar-refractivity contribution in [3.05, 3.63) is 70.8 Å². The number of rotatable bonds is 9. The van der Waals surface area contributed by atoms with Crippen molar-refractivity contribution >= 4 is 26.2 Å². The number of hydrogen-bond donors (Lipinski definition) is 3. The molecule has 44 heavy (non-hydrogen) atoms. The summed E-state index contributed by atoms with van der Waals surface area (Å²) in [5.74, 6) is -2.86. The fourth-order valence-electron chi connectivity index (χ4n) is 4.93. The summed E-state index contributed by atoms with van der Waals surface area (Å²) in [6.07, 6.45) is -2.41. The Morgan fingerprint density at radius 1 is 1.05 bits per heavy atom. The first kappa shape index (κ1) is 35.1. The second kappa shape index (κ2) is 13.3. The number of amides is 3. The molecule has 1 aliphatic rings. The number of benzene rings is 2. The number of nitrogens with one attached hydrogen (secondary N) is 1. The van der Waals surface area contributed by atoms with Crippen molar-refractivity contribution in [2.24, 2.45) is 5.73 Å². The first-order valence-corrected chi connectivity index (χ1v) is 17.6. The van der Waals surface area contributed by atoms with E-state index in [2.05, 4.69) is 5.32 Å². The maximum Gasteiger partial charge on any atom is 0.410 e. The Labute approximate surface area is 259 Å². The number of halogens is 2. The van der Waals surface area contributed by atoms with Crippen LogP contribution in [0.3, 0.4) is 0 Å². The number of carbonyl (C=O) groups is 3. The largest absolute Gasteiger partial charge is 0.444 e. The van der Waals surface area contributed by atoms with E-state index in [1.54, 1.807) is 20.8 Å². The quantitative estimate of drug-likeness (QED) is 0.327. The molecule has 242 valence electrons. The van der Waals surface area contributed by atoms with Crippen LogP contribution in [0.1, 0.15) is 74.2 Å². The van der Waals surface area contributed by atoms with E-state index in [0.717, 1.165) is 6.07 Å². The van der Waals surface area contributed by atoms with Gasteiger partial charge in [-0.25, -0.2) is 13.6 Å². The summed E-state index contributed by atoms with van der Waals surface area (Å²) in [5, 5.41) is 13.5. The van der Waals surface area contributed by atoms with Crippen molar-refractivity contribution in [3.8, 4) is 0 Å². The third kappa shape index (κ3) is 9.08. The Hall–Kier alpha value is -3.35. The molecule has 4 atom stereocenters. The third-order valence-corrected chi connectivity index (χ3v) is 12.5. The molecule has 0 aliphatic carbocycles. The second-order valence-electron chi connectivity index (χ2n) is 13.9. The van der Waals surface area contributed by atoms with E-state index < -0.39 is 67.8 Å². The minimum Gasteiger partial charge on any atom is -0.444 e. The van der Waals surface area contributed by atoms with E-state index in [9.17, 15) is 28.3 Å². The highest BCUT2D eigenvalue weighted by Gasteiger charge is 2.49. The summed E-state index contributed by atoms with van der Waals surface area (Å²) < 4.78 is 41.3. The van der Waals surface area contributed by atoms with Crippen molar-refractivity contribution in [1.29, 1.82) is 0 Å². The van der Waals surface area contributed by atoms with E-state index >= 15 is 0 Å². The predicted molar refractivity (Wildman–Crippen MR) is 166 cm³/mol. The Morgan fingerprint density at radius 3 is 2.18 bits per heavy atom. The molecule has 4 N–H and O–H groups in total. The van der Waals surface area contributed by atoms with Crippen molar-refractivity contribution in [1.82, 2.24) is 10.2 Å². The maximum atomic E-state index is 14.3. The summed E-state index contributed by atoms with van der Waals surface area (Å²) in [7, 11) is -2.65. The van der Waals surface area contributed by atoms with E-state index in [1.165, 1.54) is 41.3 Å². The standard InChI is InChI=1S/C32H45F2N3O6Si/c1-31(2,3)42-30(41)37-18-24(38)17-26(37)27(43-44(7,8)32(4,5)6)25(14-19-12-22(33)16-23(34)13-19)36-29(40)21-11-9-10-20(15-21)28(35)39/h9-13,15-16,24-27,38H,14,17-18H2,1-8H3,(H2,35,39)(H,36,40)/t24?,25-,26?,27-/m0/s1. The van der Waals surface area contributed by atoms with Gasteiger partial charge in [-0.15, -0.1) is 0 Å². The molecule has 2 unspecified atom stereocenters. The Kier molecular flexibility index (Phi) is 10.6. The number of nitrogens with two attached hydrogens (primary N) is 1. The fourth-order valence-corrected chi connectivity index (χ4v) is 6.28. The number of nitrogens with zero attached hydrogens (tertiary/aromatic N) is 1. The Bertz CT molecular complexity index is 1350. The average molecular weight is 634 g/mol. The van der Waals surface area contributed by atoms with Crippen LogP contribution < -0.4 is 11.1 Å². The molecular formula is C32H45F2N3O6Si. The number of aliphatic hydroxyl groups is 1. The van der Waals surface area contributed by atoms with Gasteiger partial charge in [0, 0.05) is 17.2 Å². The van der Waals surface area contributed by atoms with Crippen LogP contribution in [0.2, 0.25) is 18.1 Å². The summed E-state index contributed by atoms with van der Waals surface area (Å²) in [5.41, 5.74) is 5.13. The molecule has 0 radical (unpaired) electrons. The SMILES string of the molecule is CC(C)(C)OC(=O)N1CC(O)CC1[C@@H](O[Si](C)(C)C(C)(C)C)[C@H](Cc1cc(F)cc(F)c1)NC(=O)c1cccc(C(N)=O)c1. The maximum absolute atomic E-state index is 14.3. The molecule has 1 fully saturated rings. The number of hydrogen-bond acceptors (Lipinski definition) is 6. The fraction of sp³-hybridized carbons (Fsp3) is 0.531. The molecule has 1 saturated heterocycles. The molecule has 0 spiro atoms. The minimum atomic E-state index is -2.65. The monoisotopic (exact) mass is 633 g/mol. The van der Waals surface area contributed by atoms with Crippen molar-refractivity contribution in [2.45, 2.75) is 102 Å². The number of carbonyl (C=O) groups excluding carboxylic acids is 3.